The van der Waals surface area contributed by atoms with E-state index in [2.05, 4.69) is 15.3 Å². The number of H-pyrrole nitrogens is 1. The van der Waals surface area contributed by atoms with Crippen LogP contribution in [0.1, 0.15) is 18.7 Å². The van der Waals surface area contributed by atoms with Gasteiger partial charge in [-0.05, 0) is 51.1 Å². The average Bonchev–Trinajstić information content (AvgIpc) is 2.87. The Morgan fingerprint density at radius 2 is 2.00 bits per heavy atom. The zero-order chi connectivity index (χ0) is 11.4. The van der Waals surface area contributed by atoms with Gasteiger partial charge in [-0.25, -0.2) is 4.98 Å². The summed E-state index contributed by atoms with van der Waals surface area (Å²) in [6.45, 7) is 4.42. The van der Waals surface area contributed by atoms with E-state index in [1.54, 1.807) is 0 Å². The van der Waals surface area contributed by atoms with E-state index in [0.717, 1.165) is 21.9 Å². The summed E-state index contributed by atoms with van der Waals surface area (Å²) in [4.78, 5) is 7.34. The summed E-state index contributed by atoms with van der Waals surface area (Å²) in [5.74, 6) is 0.919. The van der Waals surface area contributed by atoms with Crippen molar-refractivity contribution >= 4 is 22.6 Å². The van der Waals surface area contributed by atoms with E-state index in [1.165, 1.54) is 25.9 Å². The molecule has 0 aliphatic carbocycles. The van der Waals surface area contributed by atoms with E-state index in [4.69, 9.17) is 11.6 Å². The molecule has 0 bridgehead atoms. The second-order valence-electron chi connectivity index (χ2n) is 3.94. The standard InChI is InChI=1S/C8H7ClN2.C4H9N/c1-5-10-7-3-2-6(9)4-8(7)11-5;1-2-4-5-3-1/h2-4H,1H3,(H,10,11);5H,1-4H2. The molecule has 2 N–H and O–H groups in total. The molecule has 86 valence electrons. The van der Waals surface area contributed by atoms with E-state index < -0.39 is 0 Å². The third kappa shape index (κ3) is 2.97. The maximum atomic E-state index is 5.78. The van der Waals surface area contributed by atoms with Crippen molar-refractivity contribution in [3.8, 4) is 0 Å². The predicted octanol–water partition coefficient (Wildman–Crippen LogP) is 2.89. The van der Waals surface area contributed by atoms with Crippen molar-refractivity contribution in [2.24, 2.45) is 0 Å². The minimum atomic E-state index is 0.737. The maximum Gasteiger partial charge on any atom is 0.104 e. The monoisotopic (exact) mass is 237 g/mol. The van der Waals surface area contributed by atoms with Crippen LogP contribution in [-0.2, 0) is 0 Å². The fraction of sp³-hybridized carbons (Fsp3) is 0.417. The Bertz CT molecular complexity index is 453. The molecule has 1 saturated heterocycles. The number of imidazole rings is 1. The van der Waals surface area contributed by atoms with Crippen molar-refractivity contribution in [2.45, 2.75) is 19.8 Å². The highest BCUT2D eigenvalue weighted by atomic mass is 35.5. The zero-order valence-corrected chi connectivity index (χ0v) is 10.1. The van der Waals surface area contributed by atoms with Gasteiger partial charge in [0.05, 0.1) is 11.0 Å². The lowest BCUT2D eigenvalue weighted by molar-refractivity contribution is 0.857. The first-order valence-electron chi connectivity index (χ1n) is 5.58. The van der Waals surface area contributed by atoms with Gasteiger partial charge in [0.15, 0.2) is 0 Å². The lowest BCUT2D eigenvalue weighted by atomic mass is 10.3. The first kappa shape index (κ1) is 11.4. The molecule has 0 atom stereocenters. The molecule has 2 aromatic rings. The van der Waals surface area contributed by atoms with Crippen LogP contribution in [0, 0.1) is 6.92 Å². The van der Waals surface area contributed by atoms with Crippen molar-refractivity contribution < 1.29 is 0 Å². The van der Waals surface area contributed by atoms with E-state index >= 15 is 0 Å². The fourth-order valence-corrected chi connectivity index (χ4v) is 1.91. The summed E-state index contributed by atoms with van der Waals surface area (Å²) in [6.07, 6.45) is 2.78. The van der Waals surface area contributed by atoms with Crippen molar-refractivity contribution in [1.82, 2.24) is 15.3 Å². The van der Waals surface area contributed by atoms with Gasteiger partial charge in [-0.15, -0.1) is 0 Å². The third-order valence-electron chi connectivity index (χ3n) is 2.52. The Balaban J connectivity index is 0.000000162. The predicted molar refractivity (Wildman–Crippen MR) is 67.9 cm³/mol. The summed E-state index contributed by atoms with van der Waals surface area (Å²) < 4.78 is 0. The number of halogens is 1. The molecule has 0 spiro atoms. The van der Waals surface area contributed by atoms with Crippen LogP contribution in [0.25, 0.3) is 11.0 Å². The molecular weight excluding hydrogens is 222 g/mol. The highest BCUT2D eigenvalue weighted by molar-refractivity contribution is 6.31. The molecule has 1 aromatic heterocycles. The van der Waals surface area contributed by atoms with Crippen LogP contribution in [0.2, 0.25) is 5.02 Å². The van der Waals surface area contributed by atoms with Gasteiger partial charge in [0.2, 0.25) is 0 Å². The molecule has 0 radical (unpaired) electrons. The minimum absolute atomic E-state index is 0.737. The molecule has 2 heterocycles. The Morgan fingerprint density at radius 3 is 2.62 bits per heavy atom. The number of benzene rings is 1. The van der Waals surface area contributed by atoms with Crippen LogP contribution in [0.5, 0.6) is 0 Å². The molecule has 1 aromatic carbocycles. The number of hydrogen-bond acceptors (Lipinski definition) is 2. The van der Waals surface area contributed by atoms with Crippen molar-refractivity contribution in [3.63, 3.8) is 0 Å². The van der Waals surface area contributed by atoms with Crippen LogP contribution in [-0.4, -0.2) is 23.1 Å². The SMILES string of the molecule is C1CCNC1.Cc1nc2ccc(Cl)cc2[nH]1. The quantitative estimate of drug-likeness (QED) is 0.740. The number of nitrogens with zero attached hydrogens (tertiary/aromatic N) is 1. The number of fused-ring (bicyclic) bond motifs is 1. The van der Waals surface area contributed by atoms with E-state index in [9.17, 15) is 0 Å². The highest BCUT2D eigenvalue weighted by Gasteiger charge is 1.97. The van der Waals surface area contributed by atoms with Gasteiger partial charge in [0.1, 0.15) is 5.82 Å². The summed E-state index contributed by atoms with van der Waals surface area (Å²) >= 11 is 5.78. The Kier molecular flexibility index (Phi) is 3.80. The Hall–Kier alpha value is -1.06. The van der Waals surface area contributed by atoms with Gasteiger partial charge >= 0.3 is 0 Å². The van der Waals surface area contributed by atoms with Gasteiger partial charge < -0.3 is 10.3 Å². The number of aryl methyl sites for hydroxylation is 1. The molecule has 0 amide bonds. The third-order valence-corrected chi connectivity index (χ3v) is 2.75. The zero-order valence-electron chi connectivity index (χ0n) is 9.39. The molecule has 1 aliphatic rings. The van der Waals surface area contributed by atoms with Crippen molar-refractivity contribution in [2.75, 3.05) is 13.1 Å². The first-order valence-corrected chi connectivity index (χ1v) is 5.96. The highest BCUT2D eigenvalue weighted by Crippen LogP contribution is 2.16. The second kappa shape index (κ2) is 5.32. The van der Waals surface area contributed by atoms with Gasteiger partial charge in [0, 0.05) is 5.02 Å². The fourth-order valence-electron chi connectivity index (χ4n) is 1.73. The van der Waals surface area contributed by atoms with Gasteiger partial charge in [0.25, 0.3) is 0 Å². The number of aromatic amines is 1. The molecule has 1 aliphatic heterocycles. The van der Waals surface area contributed by atoms with Crippen LogP contribution >= 0.6 is 11.6 Å². The number of aromatic nitrogens is 2. The molecule has 0 unspecified atom stereocenters. The molecule has 0 saturated carbocycles. The van der Waals surface area contributed by atoms with Crippen LogP contribution in [0.4, 0.5) is 0 Å². The largest absolute Gasteiger partial charge is 0.342 e. The molecule has 3 nitrogen and oxygen atoms in total. The molecule has 16 heavy (non-hydrogen) atoms. The Labute approximate surface area is 100 Å². The molecule has 4 heteroatoms. The number of rotatable bonds is 0. The smallest absolute Gasteiger partial charge is 0.104 e. The van der Waals surface area contributed by atoms with Gasteiger partial charge in [-0.1, -0.05) is 11.6 Å². The van der Waals surface area contributed by atoms with Crippen molar-refractivity contribution in [3.05, 3.63) is 29.0 Å². The summed E-state index contributed by atoms with van der Waals surface area (Å²) in [6, 6.07) is 5.61. The van der Waals surface area contributed by atoms with Crippen LogP contribution < -0.4 is 5.32 Å². The van der Waals surface area contributed by atoms with Gasteiger partial charge in [-0.3, -0.25) is 0 Å². The maximum absolute atomic E-state index is 5.78. The topological polar surface area (TPSA) is 40.7 Å². The molecular formula is C12H16ClN3. The van der Waals surface area contributed by atoms with Crippen LogP contribution in [0.3, 0.4) is 0 Å². The number of hydrogen-bond donors (Lipinski definition) is 2. The van der Waals surface area contributed by atoms with E-state index in [0.29, 0.717) is 0 Å². The van der Waals surface area contributed by atoms with E-state index in [1.807, 2.05) is 25.1 Å². The minimum Gasteiger partial charge on any atom is -0.342 e. The second-order valence-corrected chi connectivity index (χ2v) is 4.38. The number of nitrogens with one attached hydrogen (secondary N) is 2. The van der Waals surface area contributed by atoms with Crippen LogP contribution in [0.15, 0.2) is 18.2 Å². The summed E-state index contributed by atoms with van der Waals surface area (Å²) in [7, 11) is 0. The Morgan fingerprint density at radius 1 is 1.25 bits per heavy atom. The summed E-state index contributed by atoms with van der Waals surface area (Å²) in [5, 5.41) is 3.96. The molecule has 1 fully saturated rings. The van der Waals surface area contributed by atoms with Crippen molar-refractivity contribution in [1.29, 1.82) is 0 Å². The first-order chi connectivity index (χ1) is 7.75. The molecule has 3 rings (SSSR count). The summed E-state index contributed by atoms with van der Waals surface area (Å²) in [5.41, 5.74) is 1.96. The van der Waals surface area contributed by atoms with Gasteiger partial charge in [-0.2, -0.15) is 0 Å². The van der Waals surface area contributed by atoms with E-state index in [-0.39, 0.29) is 0 Å². The lowest BCUT2D eigenvalue weighted by Gasteiger charge is -1.87. The lowest BCUT2D eigenvalue weighted by Crippen LogP contribution is -2.03. The normalized spacial score (nSPS) is 14.9. The average molecular weight is 238 g/mol.